The molecule has 102 valence electrons. The molecule has 2 heterocycles. The number of carbonyl (C=O) groups excluding carboxylic acids is 1. The summed E-state index contributed by atoms with van der Waals surface area (Å²) in [6, 6.07) is 2.01. The van der Waals surface area contributed by atoms with Gasteiger partial charge in [0.15, 0.2) is 4.88 Å². The molecule has 0 amide bonds. The third kappa shape index (κ3) is 3.28. The number of methoxy groups -OCH3 is 1. The lowest BCUT2D eigenvalue weighted by Crippen LogP contribution is -2.34. The molecule has 0 unspecified atom stereocenters. The molecule has 0 N–H and O–H groups in total. The zero-order valence-corrected chi connectivity index (χ0v) is 11.7. The van der Waals surface area contributed by atoms with Crippen LogP contribution in [0.3, 0.4) is 0 Å². The fraction of sp³-hybridized carbons (Fsp3) is 0.500. The van der Waals surface area contributed by atoms with E-state index in [0.717, 1.165) is 19.4 Å². The van der Waals surface area contributed by atoms with Gasteiger partial charge in [0, 0.05) is 6.04 Å². The normalized spacial score (nSPS) is 19.1. The Morgan fingerprint density at radius 1 is 1.68 bits per heavy atom. The Kier molecular flexibility index (Phi) is 4.83. The second-order valence-electron chi connectivity index (χ2n) is 4.39. The zero-order valence-electron chi connectivity index (χ0n) is 10.9. The maximum Gasteiger partial charge on any atom is 0.352 e. The van der Waals surface area contributed by atoms with Gasteiger partial charge in [0.05, 0.1) is 13.7 Å². The van der Waals surface area contributed by atoms with Gasteiger partial charge in [0.2, 0.25) is 0 Å². The van der Waals surface area contributed by atoms with E-state index < -0.39 is 0 Å². The highest BCUT2D eigenvalue weighted by Crippen LogP contribution is 2.25. The predicted octanol–water partition coefficient (Wildman–Crippen LogP) is 2.01. The number of esters is 1. The van der Waals surface area contributed by atoms with E-state index in [4.69, 9.17) is 15.9 Å². The van der Waals surface area contributed by atoms with Gasteiger partial charge in [0.1, 0.15) is 12.4 Å². The summed E-state index contributed by atoms with van der Waals surface area (Å²) in [6.45, 7) is 1.99. The van der Waals surface area contributed by atoms with Crippen LogP contribution in [0.1, 0.15) is 22.5 Å². The SMILES string of the molecule is C#CCN1CCC[C@H]1COC(=O)c1sccc1OC. The molecule has 0 aliphatic carbocycles. The maximum absolute atomic E-state index is 12.0. The van der Waals surface area contributed by atoms with Crippen LogP contribution in [0.5, 0.6) is 5.75 Å². The molecule has 1 aromatic heterocycles. The summed E-state index contributed by atoms with van der Waals surface area (Å²) in [5.41, 5.74) is 0. The Morgan fingerprint density at radius 2 is 2.53 bits per heavy atom. The lowest BCUT2D eigenvalue weighted by molar-refractivity contribution is 0.0410. The van der Waals surface area contributed by atoms with Crippen molar-refractivity contribution in [2.75, 3.05) is 26.8 Å². The van der Waals surface area contributed by atoms with Gasteiger partial charge in [-0.05, 0) is 30.8 Å². The van der Waals surface area contributed by atoms with Gasteiger partial charge in [-0.2, -0.15) is 0 Å². The Labute approximate surface area is 117 Å². The zero-order chi connectivity index (χ0) is 13.7. The second-order valence-corrected chi connectivity index (χ2v) is 5.30. The molecule has 4 nitrogen and oxygen atoms in total. The van der Waals surface area contributed by atoms with Crippen LogP contribution in [0, 0.1) is 12.3 Å². The Hall–Kier alpha value is -1.51. The highest BCUT2D eigenvalue weighted by Gasteiger charge is 2.26. The number of thiophene rings is 1. The fourth-order valence-corrected chi connectivity index (χ4v) is 3.00. The fourth-order valence-electron chi connectivity index (χ4n) is 2.25. The Balaban J connectivity index is 1.88. The van der Waals surface area contributed by atoms with Crippen molar-refractivity contribution in [1.82, 2.24) is 4.90 Å². The van der Waals surface area contributed by atoms with E-state index >= 15 is 0 Å². The van der Waals surface area contributed by atoms with Gasteiger partial charge >= 0.3 is 5.97 Å². The van der Waals surface area contributed by atoms with Crippen LogP contribution in [0.2, 0.25) is 0 Å². The molecule has 0 saturated carbocycles. The molecule has 5 heteroatoms. The number of hydrogen-bond donors (Lipinski definition) is 0. The molecule has 1 atom stereocenters. The molecule has 1 aliphatic heterocycles. The van der Waals surface area contributed by atoms with Crippen LogP contribution in [0.15, 0.2) is 11.4 Å². The molecule has 19 heavy (non-hydrogen) atoms. The molecule has 0 radical (unpaired) electrons. The summed E-state index contributed by atoms with van der Waals surface area (Å²) in [5, 5.41) is 1.82. The molecule has 0 aromatic carbocycles. The average molecular weight is 279 g/mol. The van der Waals surface area contributed by atoms with Crippen molar-refractivity contribution in [3.05, 3.63) is 16.3 Å². The smallest absolute Gasteiger partial charge is 0.352 e. The molecule has 0 spiro atoms. The minimum absolute atomic E-state index is 0.242. The molecule has 1 aromatic rings. The van der Waals surface area contributed by atoms with E-state index in [2.05, 4.69) is 10.8 Å². The Bertz CT molecular complexity index is 477. The summed E-state index contributed by atoms with van der Waals surface area (Å²) in [7, 11) is 1.55. The largest absolute Gasteiger partial charge is 0.495 e. The van der Waals surface area contributed by atoms with Crippen molar-refractivity contribution in [1.29, 1.82) is 0 Å². The van der Waals surface area contributed by atoms with Crippen LogP contribution >= 0.6 is 11.3 Å². The summed E-state index contributed by atoms with van der Waals surface area (Å²) >= 11 is 1.33. The van der Waals surface area contributed by atoms with Crippen molar-refractivity contribution >= 4 is 17.3 Å². The summed E-state index contributed by atoms with van der Waals surface area (Å²) in [6.07, 6.45) is 7.46. The number of terminal acetylenes is 1. The number of rotatable bonds is 5. The molecule has 1 saturated heterocycles. The topological polar surface area (TPSA) is 38.8 Å². The van der Waals surface area contributed by atoms with Gasteiger partial charge in [-0.15, -0.1) is 17.8 Å². The van der Waals surface area contributed by atoms with Gasteiger partial charge in [-0.25, -0.2) is 4.79 Å². The first kappa shape index (κ1) is 13.9. The van der Waals surface area contributed by atoms with E-state index in [-0.39, 0.29) is 12.0 Å². The molecular weight excluding hydrogens is 262 g/mol. The second kappa shape index (κ2) is 6.60. The minimum Gasteiger partial charge on any atom is -0.495 e. The minimum atomic E-state index is -0.320. The van der Waals surface area contributed by atoms with Gasteiger partial charge < -0.3 is 9.47 Å². The first-order chi connectivity index (χ1) is 9.26. The number of likely N-dealkylation sites (tertiary alicyclic amines) is 1. The van der Waals surface area contributed by atoms with Gasteiger partial charge in [0.25, 0.3) is 0 Å². The lowest BCUT2D eigenvalue weighted by Gasteiger charge is -2.21. The lowest BCUT2D eigenvalue weighted by atomic mass is 10.2. The maximum atomic E-state index is 12.0. The summed E-state index contributed by atoms with van der Waals surface area (Å²) < 4.78 is 10.5. The molecule has 1 fully saturated rings. The average Bonchev–Trinajstić information content (AvgIpc) is 3.05. The van der Waals surface area contributed by atoms with Crippen LogP contribution < -0.4 is 4.74 Å². The van der Waals surface area contributed by atoms with Crippen molar-refractivity contribution in [2.45, 2.75) is 18.9 Å². The number of nitrogens with zero attached hydrogens (tertiary/aromatic N) is 1. The highest BCUT2D eigenvalue weighted by molar-refractivity contribution is 7.12. The monoisotopic (exact) mass is 279 g/mol. The van der Waals surface area contributed by atoms with Crippen molar-refractivity contribution in [2.24, 2.45) is 0 Å². The molecule has 2 rings (SSSR count). The standard InChI is InChI=1S/C14H17NO3S/c1-3-7-15-8-4-5-11(15)10-18-14(16)13-12(17-2)6-9-19-13/h1,6,9,11H,4-5,7-8,10H2,2H3/t11-/m0/s1. The third-order valence-electron chi connectivity index (χ3n) is 3.23. The number of ether oxygens (including phenoxy) is 2. The van der Waals surface area contributed by atoms with E-state index in [0.29, 0.717) is 23.8 Å². The highest BCUT2D eigenvalue weighted by atomic mass is 32.1. The number of hydrogen-bond acceptors (Lipinski definition) is 5. The van der Waals surface area contributed by atoms with Crippen LogP contribution in [-0.4, -0.2) is 43.7 Å². The van der Waals surface area contributed by atoms with Crippen molar-refractivity contribution in [3.8, 4) is 18.1 Å². The van der Waals surface area contributed by atoms with E-state index in [1.165, 1.54) is 11.3 Å². The Morgan fingerprint density at radius 3 is 3.26 bits per heavy atom. The van der Waals surface area contributed by atoms with Crippen LogP contribution in [0.25, 0.3) is 0 Å². The van der Waals surface area contributed by atoms with Gasteiger partial charge in [-0.3, -0.25) is 4.90 Å². The molecule has 0 bridgehead atoms. The number of carbonyl (C=O) groups is 1. The third-order valence-corrected chi connectivity index (χ3v) is 4.11. The van der Waals surface area contributed by atoms with Crippen LogP contribution in [-0.2, 0) is 4.74 Å². The van der Waals surface area contributed by atoms with E-state index in [1.807, 2.05) is 5.38 Å². The van der Waals surface area contributed by atoms with Crippen molar-refractivity contribution < 1.29 is 14.3 Å². The van der Waals surface area contributed by atoms with E-state index in [1.54, 1.807) is 13.2 Å². The predicted molar refractivity (Wildman–Crippen MR) is 74.6 cm³/mol. The quantitative estimate of drug-likeness (QED) is 0.610. The summed E-state index contributed by atoms with van der Waals surface area (Å²) in [5.74, 6) is 2.89. The van der Waals surface area contributed by atoms with Crippen molar-refractivity contribution in [3.63, 3.8) is 0 Å². The van der Waals surface area contributed by atoms with E-state index in [9.17, 15) is 4.79 Å². The summed E-state index contributed by atoms with van der Waals surface area (Å²) in [4.78, 5) is 14.7. The first-order valence-electron chi connectivity index (χ1n) is 6.22. The molecular formula is C14H17NO3S. The van der Waals surface area contributed by atoms with Crippen LogP contribution in [0.4, 0.5) is 0 Å². The molecule has 1 aliphatic rings. The first-order valence-corrected chi connectivity index (χ1v) is 7.10. The van der Waals surface area contributed by atoms with Gasteiger partial charge in [-0.1, -0.05) is 5.92 Å².